The Labute approximate surface area is 170 Å². The molecule has 1 N–H and O–H groups in total. The summed E-state index contributed by atoms with van der Waals surface area (Å²) >= 11 is 0. The van der Waals surface area contributed by atoms with E-state index in [9.17, 15) is 9.59 Å². The molecule has 1 unspecified atom stereocenters. The minimum Gasteiger partial charge on any atom is -0.361 e. The molecule has 1 aliphatic heterocycles. The lowest BCUT2D eigenvalue weighted by Crippen LogP contribution is -2.58. The van der Waals surface area contributed by atoms with E-state index in [2.05, 4.69) is 10.1 Å². The summed E-state index contributed by atoms with van der Waals surface area (Å²) < 4.78 is 1.71. The number of amides is 2. The molecule has 1 saturated heterocycles. The molecule has 1 atom stereocenters. The lowest BCUT2D eigenvalue weighted by atomic mass is 9.87. The molecule has 2 amide bonds. The van der Waals surface area contributed by atoms with E-state index in [0.717, 1.165) is 16.6 Å². The highest BCUT2D eigenvalue weighted by Gasteiger charge is 2.39. The van der Waals surface area contributed by atoms with Gasteiger partial charge >= 0.3 is 0 Å². The first-order valence-corrected chi connectivity index (χ1v) is 9.95. The first-order chi connectivity index (χ1) is 13.8. The second-order valence-corrected chi connectivity index (χ2v) is 8.34. The van der Waals surface area contributed by atoms with Crippen LogP contribution in [0.15, 0.2) is 42.7 Å². The number of benzene rings is 1. The minimum absolute atomic E-state index is 0.0128. The second kappa shape index (κ2) is 7.06. The third kappa shape index (κ3) is 3.30. The van der Waals surface area contributed by atoms with Crippen LogP contribution < -0.4 is 0 Å². The molecule has 0 saturated carbocycles. The van der Waals surface area contributed by atoms with E-state index in [1.54, 1.807) is 4.68 Å². The standard InChI is InChI=1S/C22H27N5O2/c1-15-14-26(21(29)22(2,3)19-9-11-25(4)24-19)12-13-27(15)20(28)17-6-5-7-18-16(17)8-10-23-18/h5-11,15,23H,12-14H2,1-4H3. The van der Waals surface area contributed by atoms with Crippen LogP contribution in [-0.2, 0) is 17.3 Å². The van der Waals surface area contributed by atoms with Crippen LogP contribution >= 0.6 is 0 Å². The summed E-state index contributed by atoms with van der Waals surface area (Å²) in [4.78, 5) is 33.3. The van der Waals surface area contributed by atoms with Gasteiger partial charge in [0.1, 0.15) is 0 Å². The van der Waals surface area contributed by atoms with Gasteiger partial charge in [0.25, 0.3) is 5.91 Å². The van der Waals surface area contributed by atoms with Crippen LogP contribution in [0.2, 0.25) is 0 Å². The highest BCUT2D eigenvalue weighted by atomic mass is 16.2. The van der Waals surface area contributed by atoms with Crippen molar-refractivity contribution in [3.63, 3.8) is 0 Å². The molecule has 0 bridgehead atoms. The summed E-state index contributed by atoms with van der Waals surface area (Å²) in [5.41, 5.74) is 1.71. The zero-order valence-corrected chi connectivity index (χ0v) is 17.3. The van der Waals surface area contributed by atoms with Crippen LogP contribution in [0.3, 0.4) is 0 Å². The molecule has 1 fully saturated rings. The van der Waals surface area contributed by atoms with Crippen molar-refractivity contribution < 1.29 is 9.59 Å². The molecular weight excluding hydrogens is 366 g/mol. The Hall–Kier alpha value is -3.09. The predicted molar refractivity (Wildman–Crippen MR) is 112 cm³/mol. The molecule has 3 heterocycles. The van der Waals surface area contributed by atoms with Gasteiger partial charge in [0.15, 0.2) is 0 Å². The van der Waals surface area contributed by atoms with Gasteiger partial charge in [-0.3, -0.25) is 14.3 Å². The van der Waals surface area contributed by atoms with E-state index in [4.69, 9.17) is 0 Å². The van der Waals surface area contributed by atoms with Crippen LogP contribution in [-0.4, -0.2) is 62.1 Å². The summed E-state index contributed by atoms with van der Waals surface area (Å²) in [6.07, 6.45) is 3.70. The van der Waals surface area contributed by atoms with E-state index in [-0.39, 0.29) is 17.9 Å². The van der Waals surface area contributed by atoms with E-state index in [1.807, 2.05) is 80.3 Å². The van der Waals surface area contributed by atoms with Gasteiger partial charge < -0.3 is 14.8 Å². The number of nitrogens with one attached hydrogen (secondary N) is 1. The van der Waals surface area contributed by atoms with Gasteiger partial charge in [-0.2, -0.15) is 5.10 Å². The minimum atomic E-state index is -0.704. The lowest BCUT2D eigenvalue weighted by Gasteiger charge is -2.42. The monoisotopic (exact) mass is 393 g/mol. The summed E-state index contributed by atoms with van der Waals surface area (Å²) in [7, 11) is 1.85. The smallest absolute Gasteiger partial charge is 0.254 e. The van der Waals surface area contributed by atoms with Crippen LogP contribution in [0, 0.1) is 0 Å². The average molecular weight is 393 g/mol. The van der Waals surface area contributed by atoms with E-state index in [0.29, 0.717) is 25.2 Å². The fourth-order valence-electron chi connectivity index (χ4n) is 4.12. The van der Waals surface area contributed by atoms with E-state index in [1.165, 1.54) is 0 Å². The number of fused-ring (bicyclic) bond motifs is 1. The van der Waals surface area contributed by atoms with E-state index < -0.39 is 5.41 Å². The number of hydrogen-bond donors (Lipinski definition) is 1. The Morgan fingerprint density at radius 3 is 2.66 bits per heavy atom. The summed E-state index contributed by atoms with van der Waals surface area (Å²) in [6, 6.07) is 9.49. The molecule has 3 aromatic rings. The molecule has 1 aromatic carbocycles. The maximum Gasteiger partial charge on any atom is 0.254 e. The fraction of sp³-hybridized carbons (Fsp3) is 0.409. The van der Waals surface area contributed by atoms with Gasteiger partial charge in [-0.15, -0.1) is 0 Å². The first kappa shape index (κ1) is 19.2. The highest BCUT2D eigenvalue weighted by molar-refractivity contribution is 6.06. The number of aromatic nitrogens is 3. The van der Waals surface area contributed by atoms with Crippen LogP contribution in [0.5, 0.6) is 0 Å². The van der Waals surface area contributed by atoms with Gasteiger partial charge in [-0.25, -0.2) is 0 Å². The van der Waals surface area contributed by atoms with Crippen LogP contribution in [0.1, 0.15) is 36.8 Å². The van der Waals surface area contributed by atoms with Crippen LogP contribution in [0.25, 0.3) is 10.9 Å². The summed E-state index contributed by atoms with van der Waals surface area (Å²) in [6.45, 7) is 7.38. The normalized spacial score (nSPS) is 17.7. The second-order valence-electron chi connectivity index (χ2n) is 8.34. The van der Waals surface area contributed by atoms with Gasteiger partial charge in [0.2, 0.25) is 5.91 Å². The van der Waals surface area contributed by atoms with Crippen molar-refractivity contribution in [1.82, 2.24) is 24.6 Å². The molecule has 2 aromatic heterocycles. The fourth-order valence-corrected chi connectivity index (χ4v) is 4.12. The van der Waals surface area contributed by atoms with Crippen molar-refractivity contribution in [2.75, 3.05) is 19.6 Å². The molecule has 1 aliphatic rings. The van der Waals surface area contributed by atoms with Gasteiger partial charge in [-0.05, 0) is 45.0 Å². The van der Waals surface area contributed by atoms with Gasteiger partial charge in [0.05, 0.1) is 11.1 Å². The number of piperazine rings is 1. The topological polar surface area (TPSA) is 74.2 Å². The van der Waals surface area contributed by atoms with Crippen molar-refractivity contribution in [3.8, 4) is 0 Å². The molecule has 0 aliphatic carbocycles. The number of carbonyl (C=O) groups excluding carboxylic acids is 2. The van der Waals surface area contributed by atoms with Crippen molar-refractivity contribution in [2.24, 2.45) is 7.05 Å². The molecular formula is C22H27N5O2. The lowest BCUT2D eigenvalue weighted by molar-refractivity contribution is -0.138. The van der Waals surface area contributed by atoms with Crippen molar-refractivity contribution in [1.29, 1.82) is 0 Å². The Bertz CT molecular complexity index is 1060. The molecule has 152 valence electrons. The maximum atomic E-state index is 13.2. The Morgan fingerprint density at radius 2 is 1.97 bits per heavy atom. The van der Waals surface area contributed by atoms with Crippen molar-refractivity contribution >= 4 is 22.7 Å². The zero-order chi connectivity index (χ0) is 20.8. The Morgan fingerprint density at radius 1 is 1.17 bits per heavy atom. The number of carbonyl (C=O) groups is 2. The van der Waals surface area contributed by atoms with Crippen LogP contribution in [0.4, 0.5) is 0 Å². The Kier molecular flexibility index (Phi) is 4.68. The molecule has 7 heteroatoms. The van der Waals surface area contributed by atoms with Crippen molar-refractivity contribution in [3.05, 3.63) is 54.0 Å². The molecule has 29 heavy (non-hydrogen) atoms. The summed E-state index contributed by atoms with van der Waals surface area (Å²) in [5.74, 6) is 0.0571. The average Bonchev–Trinajstić information content (AvgIpc) is 3.35. The van der Waals surface area contributed by atoms with Crippen molar-refractivity contribution in [2.45, 2.75) is 32.2 Å². The number of aromatic amines is 1. The maximum absolute atomic E-state index is 13.2. The third-order valence-electron chi connectivity index (χ3n) is 5.89. The van der Waals surface area contributed by atoms with Gasteiger partial charge in [0, 0.05) is 61.6 Å². The number of aryl methyl sites for hydroxylation is 1. The third-order valence-corrected chi connectivity index (χ3v) is 5.89. The Balaban J connectivity index is 1.50. The molecule has 7 nitrogen and oxygen atoms in total. The van der Waals surface area contributed by atoms with Gasteiger partial charge in [-0.1, -0.05) is 6.07 Å². The summed E-state index contributed by atoms with van der Waals surface area (Å²) in [5, 5.41) is 5.36. The SMILES string of the molecule is CC1CN(C(=O)C(C)(C)c2ccn(C)n2)CCN1C(=O)c1cccc2[nH]ccc12. The number of nitrogens with zero attached hydrogens (tertiary/aromatic N) is 4. The zero-order valence-electron chi connectivity index (χ0n) is 17.3. The number of hydrogen-bond acceptors (Lipinski definition) is 3. The molecule has 0 spiro atoms. The quantitative estimate of drug-likeness (QED) is 0.743. The highest BCUT2D eigenvalue weighted by Crippen LogP contribution is 2.27. The molecule has 4 rings (SSSR count). The predicted octanol–water partition coefficient (Wildman–Crippen LogP) is 2.55. The largest absolute Gasteiger partial charge is 0.361 e. The number of H-pyrrole nitrogens is 1. The molecule has 0 radical (unpaired) electrons. The number of rotatable bonds is 3. The van der Waals surface area contributed by atoms with E-state index >= 15 is 0 Å². The first-order valence-electron chi connectivity index (χ1n) is 9.95.